The summed E-state index contributed by atoms with van der Waals surface area (Å²) in [7, 11) is 5.20. The summed E-state index contributed by atoms with van der Waals surface area (Å²) >= 11 is 0. The molecule has 0 aromatic rings. The predicted molar refractivity (Wildman–Crippen MR) is 189 cm³/mol. The molecule has 306 valence electrons. The van der Waals surface area contributed by atoms with Crippen LogP contribution in [0.15, 0.2) is 0 Å². The Kier molecular flexibility index (Phi) is 13.7. The molecule has 0 aromatic carbocycles. The summed E-state index contributed by atoms with van der Waals surface area (Å²) in [6, 6.07) is -0.322. The molecule has 3 N–H and O–H groups in total. The van der Waals surface area contributed by atoms with Gasteiger partial charge in [0.1, 0.15) is 24.1 Å². The highest BCUT2D eigenvalue weighted by molar-refractivity contribution is 5.84. The molecule has 4 aliphatic rings. The Morgan fingerprint density at radius 2 is 1.55 bits per heavy atom. The first-order chi connectivity index (χ1) is 24.5. The topological polar surface area (TPSA) is 189 Å². The van der Waals surface area contributed by atoms with E-state index in [1.807, 2.05) is 25.9 Å². The molecular weight excluding hydrogens is 694 g/mol. The number of aliphatic hydroxyl groups is 3. The van der Waals surface area contributed by atoms with Crippen molar-refractivity contribution in [3.05, 3.63) is 0 Å². The number of aliphatic hydroxyl groups excluding tert-OH is 2. The third-order valence-electron chi connectivity index (χ3n) is 12.3. The van der Waals surface area contributed by atoms with E-state index in [0.29, 0.717) is 6.42 Å². The number of Topliss-reactive ketones (excluding diaryl/α,β-unsaturated/α-hetero) is 1. The maximum absolute atomic E-state index is 14.3. The lowest BCUT2D eigenvalue weighted by atomic mass is 9.74. The number of hydrogen-bond acceptors (Lipinski definition) is 15. The number of carbonyl (C=O) groups is 3. The first-order valence-corrected chi connectivity index (χ1v) is 19.1. The van der Waals surface area contributed by atoms with Gasteiger partial charge in [0, 0.05) is 31.4 Å². The Morgan fingerprint density at radius 1 is 0.906 bits per heavy atom. The fourth-order valence-corrected chi connectivity index (χ4v) is 9.03. The molecule has 4 aliphatic heterocycles. The Hall–Kier alpha value is -1.95. The summed E-state index contributed by atoms with van der Waals surface area (Å²) in [6.07, 6.45) is -9.81. The zero-order chi connectivity index (χ0) is 40.0. The van der Waals surface area contributed by atoms with Crippen LogP contribution in [0.2, 0.25) is 0 Å². The third-order valence-corrected chi connectivity index (χ3v) is 12.3. The second-order valence-electron chi connectivity index (χ2n) is 16.9. The number of cyclic esters (lactones) is 1. The fourth-order valence-electron chi connectivity index (χ4n) is 9.03. The number of ether oxygens (including phenoxy) is 8. The molecule has 15 nitrogen and oxygen atoms in total. The van der Waals surface area contributed by atoms with Crippen molar-refractivity contribution in [1.82, 2.24) is 4.90 Å². The highest BCUT2D eigenvalue weighted by Gasteiger charge is 2.59. The van der Waals surface area contributed by atoms with E-state index < -0.39 is 108 Å². The van der Waals surface area contributed by atoms with Crippen LogP contribution >= 0.6 is 0 Å². The van der Waals surface area contributed by atoms with Crippen molar-refractivity contribution in [2.45, 2.75) is 179 Å². The van der Waals surface area contributed by atoms with Gasteiger partial charge in [-0.2, -0.15) is 0 Å². The zero-order valence-electron chi connectivity index (χ0n) is 33.8. The largest absolute Gasteiger partial charge is 0.509 e. The van der Waals surface area contributed by atoms with E-state index in [1.165, 1.54) is 7.11 Å². The van der Waals surface area contributed by atoms with E-state index in [0.717, 1.165) is 0 Å². The van der Waals surface area contributed by atoms with Gasteiger partial charge in [-0.3, -0.25) is 9.59 Å². The van der Waals surface area contributed by atoms with Crippen LogP contribution in [0.25, 0.3) is 0 Å². The van der Waals surface area contributed by atoms with Crippen LogP contribution in [0.3, 0.4) is 0 Å². The standard InChI is InChI=1S/C38H65NO14/c1-14-25-38(10)32(52-35(44)53-38)20(4)27(40)18(2)16-36(8,45)31(51-34-28(41)24(39(11)12)15-19(3)47-34)21(5)29(22(6)33(43)49-25)50-26-17-37(9,46-13)30(42)23(7)48-26/h18-26,28-32,34,41-42,45H,14-17H2,1-13H3/t18-,19-,20+,21+,22-,23+,24+,25-,26+,28-,29+,30+,31?,32-,34+,36-,37-,38?/m1/s1. The van der Waals surface area contributed by atoms with Crippen molar-refractivity contribution < 1.29 is 67.6 Å². The van der Waals surface area contributed by atoms with Crippen LogP contribution in [0.5, 0.6) is 0 Å². The highest BCUT2D eigenvalue weighted by Crippen LogP contribution is 2.43. The molecule has 0 amide bonds. The van der Waals surface area contributed by atoms with Crippen molar-refractivity contribution in [1.29, 1.82) is 0 Å². The summed E-state index contributed by atoms with van der Waals surface area (Å²) in [4.78, 5) is 43.0. The van der Waals surface area contributed by atoms with Crippen molar-refractivity contribution in [2.75, 3.05) is 21.2 Å². The monoisotopic (exact) mass is 759 g/mol. The minimum atomic E-state index is -1.78. The van der Waals surface area contributed by atoms with E-state index in [-0.39, 0.29) is 37.2 Å². The molecule has 18 atom stereocenters. The lowest BCUT2D eigenvalue weighted by Gasteiger charge is -2.49. The molecule has 4 heterocycles. The number of methoxy groups -OCH3 is 1. The van der Waals surface area contributed by atoms with Gasteiger partial charge in [-0.05, 0) is 74.9 Å². The Labute approximate surface area is 314 Å². The molecule has 0 radical (unpaired) electrons. The molecule has 4 fully saturated rings. The van der Waals surface area contributed by atoms with Crippen molar-refractivity contribution >= 4 is 17.9 Å². The third kappa shape index (κ3) is 8.88. The van der Waals surface area contributed by atoms with Crippen LogP contribution in [0.1, 0.15) is 94.9 Å². The average Bonchev–Trinajstić information content (AvgIpc) is 3.40. The molecule has 0 bridgehead atoms. The maximum atomic E-state index is 14.3. The number of hydrogen-bond donors (Lipinski definition) is 3. The van der Waals surface area contributed by atoms with Gasteiger partial charge < -0.3 is 58.1 Å². The Morgan fingerprint density at radius 3 is 2.13 bits per heavy atom. The second kappa shape index (κ2) is 16.6. The molecule has 15 heteroatoms. The SMILES string of the molecule is CC[C@H]1OC(=O)[C@H](C)[C@@H](O[C@H]2C[C@@](C)(OC)[C@@H](O)[C@H](C)O2)[C@H](C)C(O[C@@H]2O[C@H](C)C[C@H](N(C)C)[C@H]2O)[C@](C)(O)C[C@@H](C)C(=O)[C@H](C)[C@H]2OC(=O)OC21C. The molecule has 2 unspecified atom stereocenters. The van der Waals surface area contributed by atoms with Gasteiger partial charge >= 0.3 is 12.1 Å². The maximum Gasteiger partial charge on any atom is 0.509 e. The minimum absolute atomic E-state index is 0.0996. The van der Waals surface area contributed by atoms with Crippen LogP contribution in [-0.4, -0.2) is 144 Å². The predicted octanol–water partition coefficient (Wildman–Crippen LogP) is 2.97. The summed E-state index contributed by atoms with van der Waals surface area (Å²) in [5, 5.41) is 34.9. The summed E-state index contributed by atoms with van der Waals surface area (Å²) in [5.41, 5.74) is -4.33. The fraction of sp³-hybridized carbons (Fsp3) is 0.921. The molecule has 0 saturated carbocycles. The zero-order valence-corrected chi connectivity index (χ0v) is 33.8. The van der Waals surface area contributed by atoms with Gasteiger partial charge in [0.25, 0.3) is 0 Å². The molecule has 4 rings (SSSR count). The number of rotatable bonds is 7. The van der Waals surface area contributed by atoms with Crippen molar-refractivity contribution in [3.63, 3.8) is 0 Å². The number of likely N-dealkylation sites (N-methyl/N-ethyl adjacent to an activating group) is 1. The minimum Gasteiger partial charge on any atom is -0.458 e. The number of ketones is 1. The van der Waals surface area contributed by atoms with Gasteiger partial charge in [-0.15, -0.1) is 0 Å². The normalized spacial score (nSPS) is 49.1. The molecule has 0 aliphatic carbocycles. The first-order valence-electron chi connectivity index (χ1n) is 19.1. The lowest BCUT2D eigenvalue weighted by molar-refractivity contribution is -0.318. The molecule has 0 spiro atoms. The van der Waals surface area contributed by atoms with Crippen LogP contribution in [0.4, 0.5) is 4.79 Å². The quantitative estimate of drug-likeness (QED) is 0.321. The van der Waals surface area contributed by atoms with E-state index in [9.17, 15) is 29.7 Å². The van der Waals surface area contributed by atoms with Gasteiger partial charge in [0.2, 0.25) is 0 Å². The van der Waals surface area contributed by atoms with E-state index >= 15 is 0 Å². The lowest BCUT2D eigenvalue weighted by Crippen LogP contribution is -2.61. The van der Waals surface area contributed by atoms with E-state index in [1.54, 1.807) is 62.3 Å². The number of fused-ring (bicyclic) bond motifs is 1. The Bertz CT molecular complexity index is 1300. The summed E-state index contributed by atoms with van der Waals surface area (Å²) in [6.45, 7) is 16.9. The van der Waals surface area contributed by atoms with Crippen LogP contribution < -0.4 is 0 Å². The second-order valence-corrected chi connectivity index (χ2v) is 16.9. The molecule has 53 heavy (non-hydrogen) atoms. The molecular formula is C38H65NO14. The van der Waals surface area contributed by atoms with Crippen molar-refractivity contribution in [3.8, 4) is 0 Å². The van der Waals surface area contributed by atoms with Gasteiger partial charge in [0.05, 0.1) is 47.5 Å². The van der Waals surface area contributed by atoms with Crippen LogP contribution in [-0.2, 0) is 47.5 Å². The summed E-state index contributed by atoms with van der Waals surface area (Å²) < 4.78 is 48.7. The molecule has 0 aromatic heterocycles. The number of esters is 1. The first kappa shape index (κ1) is 43.8. The average molecular weight is 760 g/mol. The summed E-state index contributed by atoms with van der Waals surface area (Å²) in [5.74, 6) is -4.54. The molecule has 4 saturated heterocycles. The van der Waals surface area contributed by atoms with Gasteiger partial charge in [0.15, 0.2) is 24.3 Å². The highest BCUT2D eigenvalue weighted by atomic mass is 16.8. The van der Waals surface area contributed by atoms with E-state index in [4.69, 9.17) is 37.9 Å². The Balaban J connectivity index is 1.84. The van der Waals surface area contributed by atoms with Gasteiger partial charge in [-0.1, -0.05) is 27.7 Å². The van der Waals surface area contributed by atoms with Gasteiger partial charge in [-0.25, -0.2) is 4.79 Å². The van der Waals surface area contributed by atoms with E-state index in [2.05, 4.69) is 0 Å². The smallest absolute Gasteiger partial charge is 0.458 e. The van der Waals surface area contributed by atoms with Crippen molar-refractivity contribution in [2.24, 2.45) is 23.7 Å². The number of carbonyl (C=O) groups excluding carboxylic acids is 3. The van der Waals surface area contributed by atoms with Crippen LogP contribution in [0, 0.1) is 23.7 Å². The number of nitrogens with zero attached hydrogens (tertiary/aromatic N) is 1.